The zero-order valence-electron chi connectivity index (χ0n) is 10.0. The normalized spacial score (nSPS) is 10.8. The maximum atomic E-state index is 5.64. The maximum absolute atomic E-state index is 5.64. The standard InChI is InChI=1S/C13H16N4/c1-8(2)9-3-5-10(6-4-9)11-7-12(14)17-13(15)16-11/h3-8H,1-2H3,(H4,14,15,16,17). The van der Waals surface area contributed by atoms with E-state index in [2.05, 4.69) is 35.9 Å². The molecule has 0 atom stereocenters. The van der Waals surface area contributed by atoms with Gasteiger partial charge in [0.05, 0.1) is 5.69 Å². The number of nitrogen functional groups attached to an aromatic ring is 2. The second kappa shape index (κ2) is 4.41. The van der Waals surface area contributed by atoms with Gasteiger partial charge in [-0.1, -0.05) is 38.1 Å². The van der Waals surface area contributed by atoms with Gasteiger partial charge >= 0.3 is 0 Å². The maximum Gasteiger partial charge on any atom is 0.222 e. The molecule has 88 valence electrons. The van der Waals surface area contributed by atoms with Crippen molar-refractivity contribution in [3.8, 4) is 11.3 Å². The second-order valence-electron chi connectivity index (χ2n) is 4.31. The van der Waals surface area contributed by atoms with Crippen molar-refractivity contribution in [3.05, 3.63) is 35.9 Å². The molecule has 1 aromatic carbocycles. The van der Waals surface area contributed by atoms with E-state index in [0.717, 1.165) is 11.3 Å². The van der Waals surface area contributed by atoms with Crippen LogP contribution in [0, 0.1) is 0 Å². The van der Waals surface area contributed by atoms with Crippen molar-refractivity contribution in [1.29, 1.82) is 0 Å². The lowest BCUT2D eigenvalue weighted by molar-refractivity contribution is 0.867. The Morgan fingerprint density at radius 3 is 2.18 bits per heavy atom. The van der Waals surface area contributed by atoms with Crippen LogP contribution >= 0.6 is 0 Å². The summed E-state index contributed by atoms with van der Waals surface area (Å²) in [6.45, 7) is 4.32. The first-order valence-corrected chi connectivity index (χ1v) is 5.56. The number of nitrogens with two attached hydrogens (primary N) is 2. The molecule has 0 radical (unpaired) electrons. The van der Waals surface area contributed by atoms with Crippen LogP contribution in [0.3, 0.4) is 0 Å². The molecule has 0 spiro atoms. The summed E-state index contributed by atoms with van der Waals surface area (Å²) in [5, 5.41) is 0. The van der Waals surface area contributed by atoms with Crippen molar-refractivity contribution in [1.82, 2.24) is 9.97 Å². The number of hydrogen-bond acceptors (Lipinski definition) is 4. The highest BCUT2D eigenvalue weighted by atomic mass is 15.0. The quantitative estimate of drug-likeness (QED) is 0.827. The van der Waals surface area contributed by atoms with Crippen LogP contribution < -0.4 is 11.5 Å². The minimum absolute atomic E-state index is 0.202. The molecule has 0 saturated carbocycles. The van der Waals surface area contributed by atoms with Gasteiger partial charge in [0.25, 0.3) is 0 Å². The van der Waals surface area contributed by atoms with Crippen LogP contribution in [-0.2, 0) is 0 Å². The molecule has 2 aromatic rings. The number of hydrogen-bond donors (Lipinski definition) is 2. The van der Waals surface area contributed by atoms with E-state index in [9.17, 15) is 0 Å². The third kappa shape index (κ3) is 2.53. The highest BCUT2D eigenvalue weighted by molar-refractivity contribution is 5.63. The lowest BCUT2D eigenvalue weighted by Crippen LogP contribution is -2.00. The summed E-state index contributed by atoms with van der Waals surface area (Å²) in [6.07, 6.45) is 0. The molecule has 1 aromatic heterocycles. The van der Waals surface area contributed by atoms with Crippen LogP contribution in [0.15, 0.2) is 30.3 Å². The van der Waals surface area contributed by atoms with Gasteiger partial charge < -0.3 is 11.5 Å². The van der Waals surface area contributed by atoms with Gasteiger partial charge in [0.2, 0.25) is 5.95 Å². The van der Waals surface area contributed by atoms with Crippen LogP contribution in [0.1, 0.15) is 25.3 Å². The van der Waals surface area contributed by atoms with Gasteiger partial charge in [0, 0.05) is 11.6 Å². The monoisotopic (exact) mass is 228 g/mol. The fourth-order valence-corrected chi connectivity index (χ4v) is 1.67. The van der Waals surface area contributed by atoms with Gasteiger partial charge in [-0.3, -0.25) is 0 Å². The van der Waals surface area contributed by atoms with Crippen LogP contribution in [0.25, 0.3) is 11.3 Å². The van der Waals surface area contributed by atoms with Crippen LogP contribution in [-0.4, -0.2) is 9.97 Å². The van der Waals surface area contributed by atoms with E-state index in [4.69, 9.17) is 11.5 Å². The predicted molar refractivity (Wildman–Crippen MR) is 70.4 cm³/mol. The molecule has 4 heteroatoms. The highest BCUT2D eigenvalue weighted by Crippen LogP contribution is 2.22. The SMILES string of the molecule is CC(C)c1ccc(-c2cc(N)nc(N)n2)cc1. The molecule has 0 aliphatic carbocycles. The Labute approximate surface area is 101 Å². The number of aromatic nitrogens is 2. The van der Waals surface area contributed by atoms with E-state index in [1.807, 2.05) is 12.1 Å². The molecule has 4 nitrogen and oxygen atoms in total. The first kappa shape index (κ1) is 11.4. The Morgan fingerprint density at radius 1 is 1.00 bits per heavy atom. The Bertz CT molecular complexity index is 497. The van der Waals surface area contributed by atoms with Crippen molar-refractivity contribution in [2.45, 2.75) is 19.8 Å². The van der Waals surface area contributed by atoms with Gasteiger partial charge in [-0.2, -0.15) is 4.98 Å². The van der Waals surface area contributed by atoms with Crippen LogP contribution in [0.2, 0.25) is 0 Å². The van der Waals surface area contributed by atoms with Crippen LogP contribution in [0.5, 0.6) is 0 Å². The lowest BCUT2D eigenvalue weighted by Gasteiger charge is -2.07. The third-order valence-corrected chi connectivity index (χ3v) is 2.64. The second-order valence-corrected chi connectivity index (χ2v) is 4.31. The minimum Gasteiger partial charge on any atom is -0.384 e. The van der Waals surface area contributed by atoms with E-state index < -0.39 is 0 Å². The summed E-state index contributed by atoms with van der Waals surface area (Å²) < 4.78 is 0. The third-order valence-electron chi connectivity index (χ3n) is 2.64. The molecule has 0 aliphatic heterocycles. The van der Waals surface area contributed by atoms with E-state index >= 15 is 0 Å². The highest BCUT2D eigenvalue weighted by Gasteiger charge is 2.04. The molecule has 0 saturated heterocycles. The van der Waals surface area contributed by atoms with Crippen molar-refractivity contribution in [3.63, 3.8) is 0 Å². The Hall–Kier alpha value is -2.10. The van der Waals surface area contributed by atoms with E-state index in [1.165, 1.54) is 5.56 Å². The smallest absolute Gasteiger partial charge is 0.222 e. The topological polar surface area (TPSA) is 77.8 Å². The summed E-state index contributed by atoms with van der Waals surface area (Å²) in [6, 6.07) is 9.96. The Balaban J connectivity index is 2.39. The van der Waals surface area contributed by atoms with Gasteiger partial charge in [-0.25, -0.2) is 4.98 Å². The van der Waals surface area contributed by atoms with Crippen molar-refractivity contribution >= 4 is 11.8 Å². The lowest BCUT2D eigenvalue weighted by atomic mass is 10.0. The van der Waals surface area contributed by atoms with Crippen molar-refractivity contribution in [2.24, 2.45) is 0 Å². The molecule has 1 heterocycles. The molecular weight excluding hydrogens is 212 g/mol. The largest absolute Gasteiger partial charge is 0.384 e. The Morgan fingerprint density at radius 2 is 1.65 bits per heavy atom. The Kier molecular flexibility index (Phi) is 2.95. The first-order chi connectivity index (χ1) is 8.06. The van der Waals surface area contributed by atoms with Gasteiger partial charge in [0.15, 0.2) is 0 Å². The van der Waals surface area contributed by atoms with E-state index in [-0.39, 0.29) is 5.95 Å². The van der Waals surface area contributed by atoms with Crippen molar-refractivity contribution in [2.75, 3.05) is 11.5 Å². The summed E-state index contributed by atoms with van der Waals surface area (Å²) in [5.74, 6) is 1.11. The molecule has 0 aliphatic rings. The predicted octanol–water partition coefficient (Wildman–Crippen LogP) is 2.43. The van der Waals surface area contributed by atoms with E-state index in [1.54, 1.807) is 6.07 Å². The number of benzene rings is 1. The summed E-state index contributed by atoms with van der Waals surface area (Å²) in [4.78, 5) is 8.02. The van der Waals surface area contributed by atoms with Gasteiger partial charge in [-0.15, -0.1) is 0 Å². The van der Waals surface area contributed by atoms with Gasteiger partial charge in [0.1, 0.15) is 5.82 Å². The minimum atomic E-state index is 0.202. The average molecular weight is 228 g/mol. The number of anilines is 2. The van der Waals surface area contributed by atoms with Crippen LogP contribution in [0.4, 0.5) is 11.8 Å². The zero-order valence-corrected chi connectivity index (χ0v) is 10.0. The average Bonchev–Trinajstić information content (AvgIpc) is 2.28. The molecule has 0 unspecified atom stereocenters. The van der Waals surface area contributed by atoms with Gasteiger partial charge in [-0.05, 0) is 11.5 Å². The number of rotatable bonds is 2. The summed E-state index contributed by atoms with van der Waals surface area (Å²) in [5.41, 5.74) is 14.3. The molecule has 17 heavy (non-hydrogen) atoms. The first-order valence-electron chi connectivity index (χ1n) is 5.56. The molecule has 4 N–H and O–H groups in total. The van der Waals surface area contributed by atoms with Crippen molar-refractivity contribution < 1.29 is 0 Å². The molecular formula is C13H16N4. The molecule has 2 rings (SSSR count). The molecule has 0 bridgehead atoms. The zero-order chi connectivity index (χ0) is 12.4. The fraction of sp³-hybridized carbons (Fsp3) is 0.231. The number of nitrogens with zero attached hydrogens (tertiary/aromatic N) is 2. The molecule has 0 fully saturated rings. The van der Waals surface area contributed by atoms with E-state index in [0.29, 0.717) is 11.7 Å². The molecule has 0 amide bonds. The summed E-state index contributed by atoms with van der Waals surface area (Å²) >= 11 is 0. The fourth-order valence-electron chi connectivity index (χ4n) is 1.67. The summed E-state index contributed by atoms with van der Waals surface area (Å²) in [7, 11) is 0.